The third-order valence-electron chi connectivity index (χ3n) is 4.69. The average molecular weight is 468 g/mol. The van der Waals surface area contributed by atoms with E-state index in [2.05, 4.69) is 15.3 Å². The number of thiophene rings is 1. The highest BCUT2D eigenvalue weighted by Gasteiger charge is 2.21. The first-order chi connectivity index (χ1) is 15.4. The molecule has 4 rings (SSSR count). The molecule has 2 aromatic carbocycles. The van der Waals surface area contributed by atoms with Gasteiger partial charge < -0.3 is 14.8 Å². The number of aryl methyl sites for hydroxylation is 1. The van der Waals surface area contributed by atoms with E-state index in [-0.39, 0.29) is 12.1 Å². The van der Waals surface area contributed by atoms with Gasteiger partial charge in [-0.25, -0.2) is 14.8 Å². The lowest BCUT2D eigenvalue weighted by molar-refractivity contribution is 0.0383. The molecule has 32 heavy (non-hydrogen) atoms. The quantitative estimate of drug-likeness (QED) is 0.311. The molecule has 0 aliphatic rings. The number of carbonyl (C=O) groups is 1. The van der Waals surface area contributed by atoms with Crippen molar-refractivity contribution in [2.75, 3.05) is 5.32 Å². The van der Waals surface area contributed by atoms with Crippen molar-refractivity contribution >= 4 is 50.6 Å². The number of esters is 1. The highest BCUT2D eigenvalue weighted by Crippen LogP contribution is 2.35. The van der Waals surface area contributed by atoms with Gasteiger partial charge in [-0.05, 0) is 68.3 Å². The number of hydrogen-bond acceptors (Lipinski definition) is 7. The van der Waals surface area contributed by atoms with Crippen LogP contribution in [0.1, 0.15) is 34.6 Å². The van der Waals surface area contributed by atoms with Gasteiger partial charge >= 0.3 is 5.97 Å². The number of hydrogen-bond donors (Lipinski definition) is 1. The Morgan fingerprint density at radius 2 is 1.81 bits per heavy atom. The second kappa shape index (κ2) is 9.54. The van der Waals surface area contributed by atoms with Gasteiger partial charge in [0.05, 0.1) is 11.5 Å². The van der Waals surface area contributed by atoms with Gasteiger partial charge in [-0.1, -0.05) is 23.7 Å². The van der Waals surface area contributed by atoms with E-state index in [4.69, 9.17) is 21.1 Å². The third-order valence-corrected chi connectivity index (χ3v) is 6.12. The van der Waals surface area contributed by atoms with E-state index in [1.165, 1.54) is 17.7 Å². The molecule has 4 aromatic rings. The molecule has 0 bridgehead atoms. The van der Waals surface area contributed by atoms with Gasteiger partial charge in [-0.2, -0.15) is 0 Å². The van der Waals surface area contributed by atoms with E-state index in [0.717, 1.165) is 32.8 Å². The first kappa shape index (κ1) is 22.0. The molecule has 6 nitrogen and oxygen atoms in total. The van der Waals surface area contributed by atoms with Crippen molar-refractivity contribution in [3.05, 3.63) is 75.9 Å². The molecular formula is C24H22ClN3O3S. The zero-order valence-electron chi connectivity index (χ0n) is 17.9. The fourth-order valence-corrected chi connectivity index (χ4v) is 4.30. The molecule has 0 aliphatic heterocycles. The molecule has 0 radical (unpaired) electrons. The Bertz CT molecular complexity index is 1240. The van der Waals surface area contributed by atoms with Crippen molar-refractivity contribution in [1.29, 1.82) is 0 Å². The van der Waals surface area contributed by atoms with Gasteiger partial charge in [0.25, 0.3) is 0 Å². The summed E-state index contributed by atoms with van der Waals surface area (Å²) in [6.07, 6.45) is 1.30. The summed E-state index contributed by atoms with van der Waals surface area (Å²) in [5, 5.41) is 4.84. The van der Waals surface area contributed by atoms with Crippen molar-refractivity contribution in [3.63, 3.8) is 0 Å². The number of fused-ring (bicyclic) bond motifs is 1. The van der Waals surface area contributed by atoms with Crippen molar-refractivity contribution in [2.24, 2.45) is 0 Å². The van der Waals surface area contributed by atoms with Crippen LogP contribution in [0.4, 0.5) is 11.5 Å². The van der Waals surface area contributed by atoms with Crippen LogP contribution in [0.15, 0.2) is 54.9 Å². The van der Waals surface area contributed by atoms with Crippen LogP contribution in [0.5, 0.6) is 5.75 Å². The summed E-state index contributed by atoms with van der Waals surface area (Å²) in [7, 11) is 0. The molecule has 2 aromatic heterocycles. The number of rotatable bonds is 7. The van der Waals surface area contributed by atoms with Crippen LogP contribution in [-0.2, 0) is 11.3 Å². The van der Waals surface area contributed by atoms with Crippen molar-refractivity contribution in [1.82, 2.24) is 9.97 Å². The van der Waals surface area contributed by atoms with Gasteiger partial charge in [0.15, 0.2) is 0 Å². The summed E-state index contributed by atoms with van der Waals surface area (Å²) in [5.41, 5.74) is 2.70. The normalized spacial score (nSPS) is 11.0. The Morgan fingerprint density at radius 1 is 1.09 bits per heavy atom. The maximum absolute atomic E-state index is 12.4. The van der Waals surface area contributed by atoms with Crippen LogP contribution in [0.25, 0.3) is 10.2 Å². The molecule has 164 valence electrons. The third kappa shape index (κ3) is 5.00. The molecule has 0 atom stereocenters. The average Bonchev–Trinajstić information content (AvgIpc) is 3.11. The van der Waals surface area contributed by atoms with Gasteiger partial charge in [0.1, 0.15) is 34.2 Å². The largest absolute Gasteiger partial charge is 0.489 e. The van der Waals surface area contributed by atoms with Crippen LogP contribution < -0.4 is 10.1 Å². The summed E-state index contributed by atoms with van der Waals surface area (Å²) in [6.45, 7) is 6.00. The van der Waals surface area contributed by atoms with Crippen LogP contribution in [0.3, 0.4) is 0 Å². The van der Waals surface area contributed by atoms with E-state index >= 15 is 0 Å². The van der Waals surface area contributed by atoms with Crippen molar-refractivity contribution in [2.45, 2.75) is 33.5 Å². The maximum atomic E-state index is 12.4. The van der Waals surface area contributed by atoms with Crippen molar-refractivity contribution < 1.29 is 14.3 Å². The van der Waals surface area contributed by atoms with E-state index in [9.17, 15) is 4.79 Å². The Morgan fingerprint density at radius 3 is 2.50 bits per heavy atom. The van der Waals surface area contributed by atoms with E-state index in [1.807, 2.05) is 69.3 Å². The summed E-state index contributed by atoms with van der Waals surface area (Å²) in [5.74, 6) is 1.06. The molecule has 0 fully saturated rings. The summed E-state index contributed by atoms with van der Waals surface area (Å²) < 4.78 is 11.2. The zero-order valence-corrected chi connectivity index (χ0v) is 19.5. The molecule has 0 amide bonds. The highest BCUT2D eigenvalue weighted by molar-refractivity contribution is 7.20. The molecule has 0 saturated carbocycles. The molecular weight excluding hydrogens is 446 g/mol. The molecule has 8 heteroatoms. The van der Waals surface area contributed by atoms with Gasteiger partial charge in [0, 0.05) is 10.7 Å². The second-order valence-electron chi connectivity index (χ2n) is 7.48. The smallest absolute Gasteiger partial charge is 0.348 e. The zero-order chi connectivity index (χ0) is 22.7. The fourth-order valence-electron chi connectivity index (χ4n) is 3.15. The number of carbonyl (C=O) groups excluding carboxylic acids is 1. The fraction of sp³-hybridized carbons (Fsp3) is 0.208. The van der Waals surface area contributed by atoms with Gasteiger partial charge in [-0.3, -0.25) is 0 Å². The Labute approximate surface area is 195 Å². The standard InChI is InChI=1S/C24H22ClN3O3S/c1-14(2)31-24(29)21-15(3)20-22(26-13-27-23(20)32-21)28-18-8-10-19(11-9-18)30-12-16-4-6-17(25)7-5-16/h4-11,13-14H,12H2,1-3H3,(H,26,27,28). The minimum Gasteiger partial charge on any atom is -0.489 e. The number of nitrogens with one attached hydrogen (secondary N) is 1. The van der Waals surface area contributed by atoms with Crippen LogP contribution >= 0.6 is 22.9 Å². The number of aromatic nitrogens is 2. The van der Waals surface area contributed by atoms with Gasteiger partial charge in [0.2, 0.25) is 0 Å². The highest BCUT2D eigenvalue weighted by atomic mass is 35.5. The molecule has 1 N–H and O–H groups in total. The minimum atomic E-state index is -0.339. The van der Waals surface area contributed by atoms with Crippen LogP contribution in [0.2, 0.25) is 5.02 Å². The maximum Gasteiger partial charge on any atom is 0.348 e. The predicted octanol–water partition coefficient (Wildman–Crippen LogP) is 6.54. The first-order valence-electron chi connectivity index (χ1n) is 10.1. The van der Waals surface area contributed by atoms with E-state index in [0.29, 0.717) is 22.3 Å². The minimum absolute atomic E-state index is 0.184. The number of nitrogens with zero attached hydrogens (tertiary/aromatic N) is 2. The van der Waals surface area contributed by atoms with Crippen LogP contribution in [-0.4, -0.2) is 22.0 Å². The summed E-state index contributed by atoms with van der Waals surface area (Å²) in [4.78, 5) is 22.4. The Hall–Kier alpha value is -3.16. The molecule has 2 heterocycles. The predicted molar refractivity (Wildman–Crippen MR) is 128 cm³/mol. The topological polar surface area (TPSA) is 73.3 Å². The number of anilines is 2. The Kier molecular flexibility index (Phi) is 6.58. The SMILES string of the molecule is Cc1c(C(=O)OC(C)C)sc2ncnc(Nc3ccc(OCc4ccc(Cl)cc4)cc3)c12. The lowest BCUT2D eigenvalue weighted by Crippen LogP contribution is -2.11. The monoisotopic (exact) mass is 467 g/mol. The van der Waals surface area contributed by atoms with Crippen LogP contribution in [0, 0.1) is 6.92 Å². The second-order valence-corrected chi connectivity index (χ2v) is 8.91. The summed E-state index contributed by atoms with van der Waals surface area (Å²) >= 11 is 7.23. The lowest BCUT2D eigenvalue weighted by atomic mass is 10.2. The first-order valence-corrected chi connectivity index (χ1v) is 11.3. The van der Waals surface area contributed by atoms with E-state index in [1.54, 1.807) is 0 Å². The molecule has 0 unspecified atom stereocenters. The molecule has 0 aliphatic carbocycles. The summed E-state index contributed by atoms with van der Waals surface area (Å²) in [6, 6.07) is 15.2. The Balaban J connectivity index is 1.50. The van der Waals surface area contributed by atoms with E-state index < -0.39 is 0 Å². The molecule has 0 saturated heterocycles. The molecule has 0 spiro atoms. The van der Waals surface area contributed by atoms with Crippen molar-refractivity contribution in [3.8, 4) is 5.75 Å². The number of halogens is 1. The van der Waals surface area contributed by atoms with Gasteiger partial charge in [-0.15, -0.1) is 11.3 Å². The number of ether oxygens (including phenoxy) is 2. The lowest BCUT2D eigenvalue weighted by Gasteiger charge is -2.10. The number of benzene rings is 2.